The van der Waals surface area contributed by atoms with Gasteiger partial charge in [-0.2, -0.15) is 0 Å². The third-order valence-corrected chi connectivity index (χ3v) is 6.43. The first-order chi connectivity index (χ1) is 10.5. The molecular formula is C17H28O5. The largest absolute Gasteiger partial charge is 0.353 e. The van der Waals surface area contributed by atoms with Crippen LogP contribution < -0.4 is 0 Å². The summed E-state index contributed by atoms with van der Waals surface area (Å²) in [4.78, 5) is 11.9. The Morgan fingerprint density at radius 3 is 2.68 bits per heavy atom. The van der Waals surface area contributed by atoms with Crippen LogP contribution in [0.5, 0.6) is 0 Å². The smallest absolute Gasteiger partial charge is 0.201 e. The van der Waals surface area contributed by atoms with Crippen molar-refractivity contribution < 1.29 is 24.0 Å². The van der Waals surface area contributed by atoms with E-state index in [-0.39, 0.29) is 18.5 Å². The minimum Gasteiger partial charge on any atom is -0.353 e. The molecule has 0 aromatic heterocycles. The lowest BCUT2D eigenvalue weighted by Crippen LogP contribution is -2.70. The van der Waals surface area contributed by atoms with Crippen molar-refractivity contribution in [1.29, 1.82) is 0 Å². The quantitative estimate of drug-likeness (QED) is 0.733. The van der Waals surface area contributed by atoms with Crippen molar-refractivity contribution in [3.05, 3.63) is 0 Å². The Kier molecular flexibility index (Phi) is 3.59. The van der Waals surface area contributed by atoms with E-state index in [9.17, 15) is 0 Å². The second-order valence-corrected chi connectivity index (χ2v) is 7.73. The van der Waals surface area contributed by atoms with Gasteiger partial charge in [-0.05, 0) is 44.9 Å². The monoisotopic (exact) mass is 312 g/mol. The number of hydrogen-bond donors (Lipinski definition) is 0. The molecule has 1 saturated carbocycles. The molecule has 4 heterocycles. The predicted molar refractivity (Wildman–Crippen MR) is 78.5 cm³/mol. The highest BCUT2D eigenvalue weighted by molar-refractivity contribution is 5.09. The van der Waals surface area contributed by atoms with Crippen LogP contribution in [0.4, 0.5) is 0 Å². The van der Waals surface area contributed by atoms with Crippen LogP contribution in [0.15, 0.2) is 0 Å². The maximum atomic E-state index is 6.25. The molecule has 0 N–H and O–H groups in total. The Bertz CT molecular complexity index is 443. The van der Waals surface area contributed by atoms with Crippen molar-refractivity contribution in [3.8, 4) is 0 Å². The van der Waals surface area contributed by atoms with E-state index in [0.29, 0.717) is 24.4 Å². The minimum atomic E-state index is -0.700. The molecular weight excluding hydrogens is 284 g/mol. The van der Waals surface area contributed by atoms with Gasteiger partial charge in [0.05, 0.1) is 0 Å². The SMILES string of the molecule is CCO[C@H]1O[C@@H]2O[C@]3(C)CCC4[C@H](C)CCC([C@H]1C)C42OO3. The van der Waals surface area contributed by atoms with Gasteiger partial charge in [-0.3, -0.25) is 0 Å². The number of rotatable bonds is 2. The molecule has 0 radical (unpaired) electrons. The maximum absolute atomic E-state index is 6.25. The maximum Gasteiger partial charge on any atom is 0.201 e. The molecule has 1 spiro atoms. The fourth-order valence-electron chi connectivity index (χ4n) is 5.23. The third kappa shape index (κ3) is 1.96. The number of hydrogen-bond acceptors (Lipinski definition) is 5. The van der Waals surface area contributed by atoms with Crippen molar-refractivity contribution in [2.45, 2.75) is 77.3 Å². The van der Waals surface area contributed by atoms with Crippen molar-refractivity contribution in [2.75, 3.05) is 6.61 Å². The van der Waals surface area contributed by atoms with E-state index in [0.717, 1.165) is 19.3 Å². The zero-order valence-corrected chi connectivity index (χ0v) is 14.0. The molecule has 0 aromatic carbocycles. The highest BCUT2D eigenvalue weighted by atomic mass is 17.3. The summed E-state index contributed by atoms with van der Waals surface area (Å²) in [6.45, 7) is 9.15. The van der Waals surface area contributed by atoms with Crippen LogP contribution in [-0.4, -0.2) is 30.6 Å². The topological polar surface area (TPSA) is 46.2 Å². The van der Waals surface area contributed by atoms with E-state index in [1.54, 1.807) is 0 Å². The van der Waals surface area contributed by atoms with E-state index in [1.807, 2.05) is 13.8 Å². The molecule has 5 aliphatic rings. The molecule has 0 amide bonds. The van der Waals surface area contributed by atoms with Gasteiger partial charge in [-0.25, -0.2) is 9.78 Å². The van der Waals surface area contributed by atoms with E-state index in [1.165, 1.54) is 6.42 Å². The summed E-state index contributed by atoms with van der Waals surface area (Å²) in [5, 5.41) is 0. The van der Waals surface area contributed by atoms with E-state index in [2.05, 4.69) is 13.8 Å². The summed E-state index contributed by atoms with van der Waals surface area (Å²) >= 11 is 0. The molecule has 5 heteroatoms. The molecule has 5 fully saturated rings. The van der Waals surface area contributed by atoms with E-state index in [4.69, 9.17) is 24.0 Å². The first kappa shape index (κ1) is 15.3. The van der Waals surface area contributed by atoms with Gasteiger partial charge >= 0.3 is 0 Å². The molecule has 22 heavy (non-hydrogen) atoms. The van der Waals surface area contributed by atoms with Crippen LogP contribution in [0.3, 0.4) is 0 Å². The Morgan fingerprint density at radius 1 is 1.09 bits per heavy atom. The third-order valence-electron chi connectivity index (χ3n) is 6.43. The second kappa shape index (κ2) is 5.15. The molecule has 2 bridgehead atoms. The Hall–Kier alpha value is -0.200. The van der Waals surface area contributed by atoms with Crippen LogP contribution in [0.25, 0.3) is 0 Å². The molecule has 1 aliphatic carbocycles. The number of fused-ring (bicyclic) bond motifs is 2. The van der Waals surface area contributed by atoms with Crippen LogP contribution in [0, 0.1) is 23.7 Å². The van der Waals surface area contributed by atoms with Gasteiger partial charge in [0.2, 0.25) is 5.79 Å². The molecule has 4 saturated heterocycles. The van der Waals surface area contributed by atoms with Crippen LogP contribution in [0.2, 0.25) is 0 Å². The van der Waals surface area contributed by atoms with Gasteiger partial charge in [0.15, 0.2) is 18.2 Å². The summed E-state index contributed by atoms with van der Waals surface area (Å²) < 4.78 is 18.3. The Morgan fingerprint density at radius 2 is 1.91 bits per heavy atom. The average molecular weight is 312 g/mol. The van der Waals surface area contributed by atoms with Gasteiger partial charge in [-0.1, -0.05) is 13.8 Å². The molecule has 0 aromatic rings. The summed E-state index contributed by atoms with van der Waals surface area (Å²) in [7, 11) is 0. The molecule has 8 atom stereocenters. The first-order valence-electron chi connectivity index (χ1n) is 8.82. The summed E-state index contributed by atoms with van der Waals surface area (Å²) in [6.07, 6.45) is 3.66. The Balaban J connectivity index is 1.75. The molecule has 5 rings (SSSR count). The highest BCUT2D eigenvalue weighted by Crippen LogP contribution is 2.60. The fourth-order valence-corrected chi connectivity index (χ4v) is 5.23. The molecule has 5 nitrogen and oxygen atoms in total. The average Bonchev–Trinajstić information content (AvgIpc) is 2.71. The standard InChI is InChI=1S/C17H28O5/c1-5-18-14-11(3)13-7-6-10(2)12-8-9-16(4)20-15(19-14)17(12,13)22-21-16/h10-15H,5-9H2,1-4H3/t10-,11-,12?,13?,14+,15-,16+,17?/m1/s1. The summed E-state index contributed by atoms with van der Waals surface area (Å²) in [6, 6.07) is 0. The molecule has 4 aliphatic heterocycles. The van der Waals surface area contributed by atoms with Crippen molar-refractivity contribution >= 4 is 0 Å². The predicted octanol–water partition coefficient (Wildman–Crippen LogP) is 3.23. The normalized spacial score (nSPS) is 57.3. The van der Waals surface area contributed by atoms with E-state index >= 15 is 0 Å². The van der Waals surface area contributed by atoms with Crippen LogP contribution in [0.1, 0.15) is 53.4 Å². The zero-order valence-electron chi connectivity index (χ0n) is 14.0. The highest BCUT2D eigenvalue weighted by Gasteiger charge is 2.69. The van der Waals surface area contributed by atoms with Gasteiger partial charge in [-0.15, -0.1) is 0 Å². The van der Waals surface area contributed by atoms with Gasteiger partial charge in [0, 0.05) is 24.9 Å². The number of ether oxygens (including phenoxy) is 3. The second-order valence-electron chi connectivity index (χ2n) is 7.73. The summed E-state index contributed by atoms with van der Waals surface area (Å²) in [5.41, 5.74) is -0.472. The van der Waals surface area contributed by atoms with Crippen molar-refractivity contribution in [1.82, 2.24) is 0 Å². The lowest BCUT2D eigenvalue weighted by molar-refractivity contribution is -0.577. The first-order valence-corrected chi connectivity index (χ1v) is 8.82. The van der Waals surface area contributed by atoms with Gasteiger partial charge in [0.1, 0.15) is 0 Å². The van der Waals surface area contributed by atoms with Crippen LogP contribution >= 0.6 is 0 Å². The fraction of sp³-hybridized carbons (Fsp3) is 1.00. The van der Waals surface area contributed by atoms with Crippen molar-refractivity contribution in [3.63, 3.8) is 0 Å². The Labute approximate surface area is 132 Å². The lowest BCUT2D eigenvalue weighted by Gasteiger charge is -2.60. The lowest BCUT2D eigenvalue weighted by atomic mass is 9.58. The van der Waals surface area contributed by atoms with Gasteiger partial charge in [0.25, 0.3) is 0 Å². The minimum absolute atomic E-state index is 0.216. The van der Waals surface area contributed by atoms with E-state index < -0.39 is 11.4 Å². The molecule has 3 unspecified atom stereocenters. The zero-order chi connectivity index (χ0) is 15.5. The van der Waals surface area contributed by atoms with Gasteiger partial charge < -0.3 is 14.2 Å². The molecule has 126 valence electrons. The summed E-state index contributed by atoms with van der Waals surface area (Å²) in [5.74, 6) is 0.957. The van der Waals surface area contributed by atoms with Crippen LogP contribution in [-0.2, 0) is 24.0 Å². The van der Waals surface area contributed by atoms with Crippen molar-refractivity contribution in [2.24, 2.45) is 23.7 Å².